The van der Waals surface area contributed by atoms with Crippen LogP contribution in [0.4, 0.5) is 11.4 Å². The van der Waals surface area contributed by atoms with Crippen LogP contribution in [0.5, 0.6) is 0 Å². The summed E-state index contributed by atoms with van der Waals surface area (Å²) in [6.45, 7) is 4.89. The minimum Gasteiger partial charge on any atom is -0.315 e. The second-order valence-corrected chi connectivity index (χ2v) is 9.49. The normalized spacial score (nSPS) is 18.0. The molecule has 2 heterocycles. The molecule has 1 fully saturated rings. The summed E-state index contributed by atoms with van der Waals surface area (Å²) in [4.78, 5) is 54.8. The van der Waals surface area contributed by atoms with Gasteiger partial charge in [0.2, 0.25) is 11.7 Å². The van der Waals surface area contributed by atoms with E-state index in [4.69, 9.17) is 0 Å². The number of hydrogen-bond acceptors (Lipinski definition) is 5. The standard InChI is InChI=1S/C27H26N2O4S/c1-16(2)25(31)23-24(21-7-5-6-8-22(21)28(4)17(3)30)29(27(33)26(23)32)20-11-9-18(10-12-20)19-13-14-34-15-19/h5-16,23-24H,1-4H3. The molecule has 7 heteroatoms. The summed E-state index contributed by atoms with van der Waals surface area (Å²) >= 11 is 1.60. The fourth-order valence-electron chi connectivity index (χ4n) is 4.37. The second-order valence-electron chi connectivity index (χ2n) is 8.71. The lowest BCUT2D eigenvalue weighted by Gasteiger charge is -2.31. The van der Waals surface area contributed by atoms with Gasteiger partial charge in [0, 0.05) is 31.3 Å². The third kappa shape index (κ3) is 4.07. The van der Waals surface area contributed by atoms with Crippen molar-refractivity contribution in [1.82, 2.24) is 0 Å². The van der Waals surface area contributed by atoms with E-state index in [0.29, 0.717) is 16.9 Å². The van der Waals surface area contributed by atoms with Gasteiger partial charge in [-0.2, -0.15) is 11.3 Å². The van der Waals surface area contributed by atoms with Crippen LogP contribution in [0, 0.1) is 11.8 Å². The van der Waals surface area contributed by atoms with E-state index in [1.807, 2.05) is 29.0 Å². The van der Waals surface area contributed by atoms with E-state index in [2.05, 4.69) is 0 Å². The number of nitrogens with zero attached hydrogens (tertiary/aromatic N) is 2. The predicted octanol–water partition coefficient (Wildman–Crippen LogP) is 4.90. The molecule has 6 nitrogen and oxygen atoms in total. The number of rotatable bonds is 6. The molecular formula is C27H26N2O4S. The number of carbonyl (C=O) groups is 4. The molecule has 0 aliphatic carbocycles. The van der Waals surface area contributed by atoms with E-state index in [-0.39, 0.29) is 11.7 Å². The van der Waals surface area contributed by atoms with Gasteiger partial charge < -0.3 is 4.90 Å². The molecule has 174 valence electrons. The summed E-state index contributed by atoms with van der Waals surface area (Å²) in [7, 11) is 1.64. The van der Waals surface area contributed by atoms with Crippen LogP contribution in [0.1, 0.15) is 32.4 Å². The molecule has 1 aliphatic rings. The first-order valence-corrected chi connectivity index (χ1v) is 12.0. The van der Waals surface area contributed by atoms with E-state index in [1.165, 1.54) is 16.7 Å². The molecular weight excluding hydrogens is 448 g/mol. The lowest BCUT2D eigenvalue weighted by molar-refractivity contribution is -0.139. The smallest absolute Gasteiger partial charge is 0.295 e. The number of amides is 2. The number of anilines is 2. The van der Waals surface area contributed by atoms with Crippen LogP contribution < -0.4 is 9.80 Å². The zero-order chi connectivity index (χ0) is 24.6. The van der Waals surface area contributed by atoms with Crippen molar-refractivity contribution in [2.45, 2.75) is 26.8 Å². The van der Waals surface area contributed by atoms with Gasteiger partial charge in [0.1, 0.15) is 11.7 Å². The van der Waals surface area contributed by atoms with E-state index >= 15 is 0 Å². The monoisotopic (exact) mass is 474 g/mol. The van der Waals surface area contributed by atoms with Crippen molar-refractivity contribution < 1.29 is 19.2 Å². The maximum atomic E-state index is 13.3. The average molecular weight is 475 g/mol. The number of carbonyl (C=O) groups excluding carboxylic acids is 4. The van der Waals surface area contributed by atoms with Gasteiger partial charge in [-0.15, -0.1) is 0 Å². The van der Waals surface area contributed by atoms with Crippen LogP contribution in [-0.4, -0.2) is 30.4 Å². The highest BCUT2D eigenvalue weighted by Gasteiger charge is 2.53. The van der Waals surface area contributed by atoms with Gasteiger partial charge in [0.05, 0.1) is 6.04 Å². The van der Waals surface area contributed by atoms with Crippen LogP contribution in [0.15, 0.2) is 65.4 Å². The molecule has 4 rings (SSSR count). The lowest BCUT2D eigenvalue weighted by Crippen LogP contribution is -2.34. The van der Waals surface area contributed by atoms with Crippen molar-refractivity contribution in [2.24, 2.45) is 11.8 Å². The van der Waals surface area contributed by atoms with Crippen molar-refractivity contribution in [2.75, 3.05) is 16.8 Å². The Bertz CT molecular complexity index is 1250. The molecule has 2 aromatic carbocycles. The van der Waals surface area contributed by atoms with Crippen molar-refractivity contribution >= 4 is 46.1 Å². The van der Waals surface area contributed by atoms with Crippen molar-refractivity contribution in [3.8, 4) is 11.1 Å². The first-order valence-electron chi connectivity index (χ1n) is 11.1. The Kier molecular flexibility index (Phi) is 6.48. The molecule has 2 atom stereocenters. The average Bonchev–Trinajstić information content (AvgIpc) is 3.45. The minimum atomic E-state index is -1.15. The van der Waals surface area contributed by atoms with Crippen LogP contribution in [0.25, 0.3) is 11.1 Å². The fourth-order valence-corrected chi connectivity index (χ4v) is 5.03. The molecule has 34 heavy (non-hydrogen) atoms. The summed E-state index contributed by atoms with van der Waals surface area (Å²) in [6, 6.07) is 15.7. The van der Waals surface area contributed by atoms with Crippen LogP contribution in [0.2, 0.25) is 0 Å². The Balaban J connectivity index is 1.87. The number of hydrogen-bond donors (Lipinski definition) is 0. The topological polar surface area (TPSA) is 74.8 Å². The van der Waals surface area contributed by atoms with Crippen molar-refractivity contribution in [3.05, 3.63) is 70.9 Å². The molecule has 1 aliphatic heterocycles. The molecule has 2 unspecified atom stereocenters. The zero-order valence-electron chi connectivity index (χ0n) is 19.5. The summed E-state index contributed by atoms with van der Waals surface area (Å²) in [5.74, 6) is -3.49. The van der Waals surface area contributed by atoms with Gasteiger partial charge in [0.25, 0.3) is 5.91 Å². The summed E-state index contributed by atoms with van der Waals surface area (Å²) in [5.41, 5.74) is 3.73. The van der Waals surface area contributed by atoms with Crippen molar-refractivity contribution in [3.63, 3.8) is 0 Å². The van der Waals surface area contributed by atoms with Gasteiger partial charge in [-0.3, -0.25) is 24.1 Å². The molecule has 0 radical (unpaired) electrons. The van der Waals surface area contributed by atoms with E-state index in [1.54, 1.807) is 68.6 Å². The molecule has 0 saturated carbocycles. The molecule has 1 saturated heterocycles. The molecule has 0 spiro atoms. The largest absolute Gasteiger partial charge is 0.315 e. The molecule has 0 bridgehead atoms. The molecule has 1 aromatic heterocycles. The summed E-state index contributed by atoms with van der Waals surface area (Å²) < 4.78 is 0. The summed E-state index contributed by atoms with van der Waals surface area (Å²) in [5, 5.41) is 4.03. The fraction of sp³-hybridized carbons (Fsp3) is 0.259. The van der Waals surface area contributed by atoms with Gasteiger partial charge >= 0.3 is 0 Å². The highest BCUT2D eigenvalue weighted by Crippen LogP contribution is 2.44. The second kappa shape index (κ2) is 9.35. The maximum absolute atomic E-state index is 13.3. The van der Waals surface area contributed by atoms with E-state index < -0.39 is 29.6 Å². The number of benzene rings is 2. The Morgan fingerprint density at radius 3 is 2.24 bits per heavy atom. The van der Waals surface area contributed by atoms with E-state index in [0.717, 1.165) is 11.1 Å². The quantitative estimate of drug-likeness (QED) is 0.376. The van der Waals surface area contributed by atoms with E-state index in [9.17, 15) is 19.2 Å². The van der Waals surface area contributed by atoms with Crippen LogP contribution >= 0.6 is 11.3 Å². The first-order chi connectivity index (χ1) is 16.2. The molecule has 3 aromatic rings. The molecule has 0 N–H and O–H groups in total. The zero-order valence-corrected chi connectivity index (χ0v) is 20.3. The number of thiophene rings is 1. The number of para-hydroxylation sites is 1. The Morgan fingerprint density at radius 2 is 1.65 bits per heavy atom. The van der Waals surface area contributed by atoms with Gasteiger partial charge in [-0.25, -0.2) is 0 Å². The van der Waals surface area contributed by atoms with Gasteiger partial charge in [-0.1, -0.05) is 44.2 Å². The first kappa shape index (κ1) is 23.6. The third-order valence-electron chi connectivity index (χ3n) is 6.27. The van der Waals surface area contributed by atoms with Gasteiger partial charge in [0.15, 0.2) is 0 Å². The van der Waals surface area contributed by atoms with Crippen molar-refractivity contribution in [1.29, 1.82) is 0 Å². The lowest BCUT2D eigenvalue weighted by atomic mass is 9.84. The Labute approximate surface area is 202 Å². The van der Waals surface area contributed by atoms with Crippen LogP contribution in [-0.2, 0) is 19.2 Å². The minimum absolute atomic E-state index is 0.193. The maximum Gasteiger partial charge on any atom is 0.295 e. The predicted molar refractivity (Wildman–Crippen MR) is 134 cm³/mol. The Hall–Kier alpha value is -3.58. The third-order valence-corrected chi connectivity index (χ3v) is 6.95. The van der Waals surface area contributed by atoms with Crippen LogP contribution in [0.3, 0.4) is 0 Å². The Morgan fingerprint density at radius 1 is 0.971 bits per heavy atom. The molecule has 2 amide bonds. The highest BCUT2D eigenvalue weighted by atomic mass is 32.1. The number of ketones is 2. The summed E-state index contributed by atoms with van der Waals surface area (Å²) in [6.07, 6.45) is 0. The van der Waals surface area contributed by atoms with Gasteiger partial charge in [-0.05, 0) is 51.7 Å². The number of Topliss-reactive ketones (excluding diaryl/α,β-unsaturated/α-hetero) is 2. The highest BCUT2D eigenvalue weighted by molar-refractivity contribution is 7.08. The SMILES string of the molecule is CC(=O)N(C)c1ccccc1C1C(C(=O)C(C)C)C(=O)C(=O)N1c1ccc(-c2ccsc2)cc1.